The molecule has 0 spiro atoms. The van der Waals surface area contributed by atoms with Crippen molar-refractivity contribution < 1.29 is 34.0 Å². The van der Waals surface area contributed by atoms with Gasteiger partial charge in [-0.05, 0) is 38.9 Å². The molecule has 0 saturated carbocycles. The monoisotopic (exact) mass is 392 g/mol. The summed E-state index contributed by atoms with van der Waals surface area (Å²) in [5, 5.41) is 29.8. The lowest BCUT2D eigenvalue weighted by Gasteiger charge is -2.48. The summed E-state index contributed by atoms with van der Waals surface area (Å²) < 4.78 is 17.5. The first-order valence-electron chi connectivity index (χ1n) is 9.10. The molecule has 8 heteroatoms. The van der Waals surface area contributed by atoms with Gasteiger partial charge in [0.2, 0.25) is 0 Å². The van der Waals surface area contributed by atoms with E-state index in [0.29, 0.717) is 0 Å². The van der Waals surface area contributed by atoms with Crippen LogP contribution >= 0.6 is 0 Å². The van der Waals surface area contributed by atoms with Gasteiger partial charge in [-0.25, -0.2) is 0 Å². The third-order valence-corrected chi connectivity index (χ3v) is 9.68. The number of aliphatic hydroxyl groups excluding tert-OH is 3. The van der Waals surface area contributed by atoms with Crippen molar-refractivity contribution >= 4 is 14.3 Å². The van der Waals surface area contributed by atoms with Crippen LogP contribution < -0.4 is 0 Å². The second-order valence-electron chi connectivity index (χ2n) is 9.53. The molecule has 1 aliphatic rings. The highest BCUT2D eigenvalue weighted by atomic mass is 28.4. The van der Waals surface area contributed by atoms with Crippen LogP contribution in [0, 0.1) is 5.41 Å². The molecule has 1 aliphatic heterocycles. The van der Waals surface area contributed by atoms with Crippen LogP contribution in [0.15, 0.2) is 0 Å². The number of carbonyl (C=O) groups excluding carboxylic acids is 1. The van der Waals surface area contributed by atoms with E-state index in [9.17, 15) is 20.1 Å². The molecule has 1 rings (SSSR count). The van der Waals surface area contributed by atoms with Gasteiger partial charge in [-0.3, -0.25) is 4.79 Å². The Morgan fingerprint density at radius 1 is 1.00 bits per heavy atom. The minimum Gasteiger partial charge on any atom is -0.456 e. The van der Waals surface area contributed by atoms with Crippen LogP contribution in [-0.4, -0.2) is 73.3 Å². The first-order chi connectivity index (χ1) is 11.7. The van der Waals surface area contributed by atoms with Gasteiger partial charge in [0.05, 0.1) is 18.6 Å². The minimum absolute atomic E-state index is 0.132. The molecule has 3 N–H and O–H groups in total. The van der Waals surface area contributed by atoms with Gasteiger partial charge in [-0.2, -0.15) is 0 Å². The zero-order valence-electron chi connectivity index (χ0n) is 17.3. The molecule has 1 fully saturated rings. The van der Waals surface area contributed by atoms with Crippen LogP contribution in [-0.2, 0) is 18.7 Å². The Morgan fingerprint density at radius 2 is 1.50 bits per heavy atom. The van der Waals surface area contributed by atoms with E-state index in [0.717, 1.165) is 0 Å². The second-order valence-corrected chi connectivity index (χ2v) is 14.3. The van der Waals surface area contributed by atoms with Crippen LogP contribution in [0.25, 0.3) is 0 Å². The molecule has 1 saturated heterocycles. The predicted molar refractivity (Wildman–Crippen MR) is 100 cm³/mol. The molecule has 1 heterocycles. The standard InChI is InChI=1S/C18H36O7Si/c1-17(2,3)16(22)24-14-12(10-20)23-11(9-19)13(21)15(14)25-26(7,8)18(4,5)6/h11-15,19-21H,9-10H2,1-8H3/t11-,12+,13+,14+,15+/m1/s1. The maximum Gasteiger partial charge on any atom is 0.311 e. The Kier molecular flexibility index (Phi) is 7.46. The zero-order chi connectivity index (χ0) is 20.5. The molecule has 26 heavy (non-hydrogen) atoms. The van der Waals surface area contributed by atoms with E-state index in [1.165, 1.54) is 0 Å². The summed E-state index contributed by atoms with van der Waals surface area (Å²) in [5.41, 5.74) is -0.750. The average Bonchev–Trinajstić information content (AvgIpc) is 2.48. The highest BCUT2D eigenvalue weighted by Gasteiger charge is 2.52. The van der Waals surface area contributed by atoms with Crippen molar-refractivity contribution in [1.82, 2.24) is 0 Å². The summed E-state index contributed by atoms with van der Waals surface area (Å²) in [6.07, 6.45) is -4.80. The lowest BCUT2D eigenvalue weighted by Crippen LogP contribution is -2.64. The SMILES string of the molecule is CC(C)(C)C(=O)O[C@@H]1[C@@H](O[Si](C)(C)C(C)(C)C)[C@@H](O)[C@@H](CO)O[C@H]1CO. The highest BCUT2D eigenvalue weighted by Crippen LogP contribution is 2.40. The lowest BCUT2D eigenvalue weighted by atomic mass is 9.93. The third-order valence-electron chi connectivity index (χ3n) is 5.21. The third kappa shape index (κ3) is 5.27. The quantitative estimate of drug-likeness (QED) is 0.480. The molecule has 0 aliphatic carbocycles. The van der Waals surface area contributed by atoms with Gasteiger partial charge in [0.15, 0.2) is 14.4 Å². The van der Waals surface area contributed by atoms with Crippen LogP contribution in [0.5, 0.6) is 0 Å². The Hall–Kier alpha value is -0.513. The number of ether oxygens (including phenoxy) is 2. The molecule has 0 aromatic carbocycles. The summed E-state index contributed by atoms with van der Waals surface area (Å²) in [5.74, 6) is -0.469. The summed E-state index contributed by atoms with van der Waals surface area (Å²) in [6.45, 7) is 14.6. The minimum atomic E-state index is -2.33. The van der Waals surface area contributed by atoms with E-state index < -0.39 is 63.4 Å². The molecule has 0 bridgehead atoms. The Morgan fingerprint density at radius 3 is 1.88 bits per heavy atom. The van der Waals surface area contributed by atoms with Gasteiger partial charge in [0.1, 0.15) is 24.4 Å². The van der Waals surface area contributed by atoms with Gasteiger partial charge in [-0.15, -0.1) is 0 Å². The number of esters is 1. The summed E-state index contributed by atoms with van der Waals surface area (Å²) in [6, 6.07) is 0. The molecule has 0 amide bonds. The summed E-state index contributed by atoms with van der Waals surface area (Å²) >= 11 is 0. The van der Waals surface area contributed by atoms with Crippen molar-refractivity contribution in [1.29, 1.82) is 0 Å². The van der Waals surface area contributed by atoms with E-state index in [4.69, 9.17) is 13.9 Å². The molecule has 0 unspecified atom stereocenters. The second kappa shape index (κ2) is 8.24. The van der Waals surface area contributed by atoms with Crippen molar-refractivity contribution in [3.05, 3.63) is 0 Å². The Labute approximate surface area is 157 Å². The van der Waals surface area contributed by atoms with E-state index in [2.05, 4.69) is 20.8 Å². The molecular formula is C18H36O7Si. The first kappa shape index (κ1) is 23.5. The van der Waals surface area contributed by atoms with E-state index in [1.54, 1.807) is 20.8 Å². The molecule has 7 nitrogen and oxygen atoms in total. The van der Waals surface area contributed by atoms with Gasteiger partial charge >= 0.3 is 5.97 Å². The van der Waals surface area contributed by atoms with Crippen molar-refractivity contribution in [2.45, 2.75) is 90.2 Å². The molecule has 5 atom stereocenters. The number of hydrogen-bond donors (Lipinski definition) is 3. The lowest BCUT2D eigenvalue weighted by molar-refractivity contribution is -0.243. The molecular weight excluding hydrogens is 356 g/mol. The van der Waals surface area contributed by atoms with E-state index in [-0.39, 0.29) is 5.04 Å². The maximum absolute atomic E-state index is 12.4. The summed E-state index contributed by atoms with van der Waals surface area (Å²) in [7, 11) is -2.33. The van der Waals surface area contributed by atoms with Gasteiger partial charge in [0.25, 0.3) is 0 Å². The topological polar surface area (TPSA) is 105 Å². The average molecular weight is 393 g/mol. The van der Waals surface area contributed by atoms with Crippen LogP contribution in [0.2, 0.25) is 18.1 Å². The van der Waals surface area contributed by atoms with Crippen LogP contribution in [0.3, 0.4) is 0 Å². The van der Waals surface area contributed by atoms with Crippen molar-refractivity contribution in [2.24, 2.45) is 5.41 Å². The van der Waals surface area contributed by atoms with Crippen molar-refractivity contribution in [3.63, 3.8) is 0 Å². The summed E-state index contributed by atoms with van der Waals surface area (Å²) in [4.78, 5) is 12.4. The Bertz CT molecular complexity index is 481. The van der Waals surface area contributed by atoms with E-state index in [1.807, 2.05) is 13.1 Å². The van der Waals surface area contributed by atoms with Gasteiger partial charge in [-0.1, -0.05) is 20.8 Å². The number of aliphatic hydroxyl groups is 3. The van der Waals surface area contributed by atoms with E-state index >= 15 is 0 Å². The highest BCUT2D eigenvalue weighted by molar-refractivity contribution is 6.74. The van der Waals surface area contributed by atoms with Crippen molar-refractivity contribution in [2.75, 3.05) is 13.2 Å². The maximum atomic E-state index is 12.4. The van der Waals surface area contributed by atoms with Crippen LogP contribution in [0.1, 0.15) is 41.5 Å². The molecule has 0 aromatic rings. The van der Waals surface area contributed by atoms with Gasteiger partial charge < -0.3 is 29.2 Å². The zero-order valence-corrected chi connectivity index (χ0v) is 18.3. The number of carbonyl (C=O) groups is 1. The smallest absolute Gasteiger partial charge is 0.311 e. The molecule has 0 radical (unpaired) electrons. The van der Waals surface area contributed by atoms with Crippen LogP contribution in [0.4, 0.5) is 0 Å². The fraction of sp³-hybridized carbons (Fsp3) is 0.944. The predicted octanol–water partition coefficient (Wildman–Crippen LogP) is 1.45. The Balaban J connectivity index is 3.22. The fourth-order valence-corrected chi connectivity index (χ4v) is 3.70. The number of rotatable bonds is 5. The number of hydrogen-bond acceptors (Lipinski definition) is 7. The van der Waals surface area contributed by atoms with Crippen molar-refractivity contribution in [3.8, 4) is 0 Å². The normalized spacial score (nSPS) is 31.0. The molecule has 154 valence electrons. The molecule has 0 aromatic heterocycles. The first-order valence-corrected chi connectivity index (χ1v) is 12.0. The van der Waals surface area contributed by atoms with Gasteiger partial charge in [0, 0.05) is 0 Å². The fourth-order valence-electron chi connectivity index (χ4n) is 2.39. The largest absolute Gasteiger partial charge is 0.456 e.